The van der Waals surface area contributed by atoms with Crippen molar-refractivity contribution in [3.8, 4) is 17.2 Å². The molecule has 200 valence electrons. The number of carbonyl (C=O) groups excluding carboxylic acids is 2. The van der Waals surface area contributed by atoms with Crippen molar-refractivity contribution in [2.24, 2.45) is 0 Å². The molecule has 0 saturated carbocycles. The summed E-state index contributed by atoms with van der Waals surface area (Å²) in [7, 11) is 1.69. The largest absolute Gasteiger partial charge is 0.493 e. The zero-order valence-corrected chi connectivity index (χ0v) is 22.3. The molecule has 1 aliphatic heterocycles. The van der Waals surface area contributed by atoms with E-state index in [4.69, 9.17) is 20.8 Å². The fourth-order valence-corrected chi connectivity index (χ4v) is 4.32. The molecular weight excluding hydrogens is 508 g/mol. The third kappa shape index (κ3) is 6.51. The minimum Gasteiger partial charge on any atom is -0.493 e. The Morgan fingerprint density at radius 2 is 1.95 bits per heavy atom. The number of aromatic nitrogens is 2. The van der Waals surface area contributed by atoms with Crippen molar-refractivity contribution >= 4 is 29.1 Å². The van der Waals surface area contributed by atoms with Crippen LogP contribution in [0, 0.1) is 0 Å². The molecule has 11 heteroatoms. The van der Waals surface area contributed by atoms with Crippen LogP contribution in [0.25, 0.3) is 11.5 Å². The highest BCUT2D eigenvalue weighted by Gasteiger charge is 2.32. The zero-order chi connectivity index (χ0) is 27.1. The second-order valence-electron chi connectivity index (χ2n) is 8.78. The van der Waals surface area contributed by atoms with Crippen LogP contribution < -0.4 is 26.0 Å². The lowest BCUT2D eigenvalue weighted by Crippen LogP contribution is -2.49. The Morgan fingerprint density at radius 1 is 1.16 bits per heavy atom. The van der Waals surface area contributed by atoms with Crippen LogP contribution >= 0.6 is 11.6 Å². The molecule has 4 rings (SSSR count). The predicted molar refractivity (Wildman–Crippen MR) is 144 cm³/mol. The van der Waals surface area contributed by atoms with Crippen LogP contribution in [0.1, 0.15) is 45.0 Å². The maximum absolute atomic E-state index is 13.2. The van der Waals surface area contributed by atoms with Crippen molar-refractivity contribution < 1.29 is 18.7 Å². The number of nitrogens with zero attached hydrogens (tertiary/aromatic N) is 2. The van der Waals surface area contributed by atoms with Gasteiger partial charge in [-0.3, -0.25) is 14.9 Å². The maximum Gasteiger partial charge on any atom is 0.273 e. The van der Waals surface area contributed by atoms with Crippen molar-refractivity contribution in [3.05, 3.63) is 70.8 Å². The lowest BCUT2D eigenvalue weighted by molar-refractivity contribution is -0.125. The Labute approximate surface area is 226 Å². The van der Waals surface area contributed by atoms with Gasteiger partial charge in [0.1, 0.15) is 11.4 Å². The van der Waals surface area contributed by atoms with E-state index in [2.05, 4.69) is 31.5 Å². The van der Waals surface area contributed by atoms with Crippen molar-refractivity contribution in [1.82, 2.24) is 26.1 Å². The zero-order valence-electron chi connectivity index (χ0n) is 21.5. The molecule has 1 saturated heterocycles. The van der Waals surface area contributed by atoms with E-state index in [1.54, 1.807) is 44.3 Å². The quantitative estimate of drug-likeness (QED) is 0.298. The molecular formula is C27H31ClN6O4. The second kappa shape index (κ2) is 12.6. The van der Waals surface area contributed by atoms with Gasteiger partial charge < -0.3 is 25.1 Å². The van der Waals surface area contributed by atoms with Crippen LogP contribution in [0.4, 0.5) is 5.69 Å². The number of para-hydroxylation sites is 1. The average Bonchev–Trinajstić information content (AvgIpc) is 3.43. The van der Waals surface area contributed by atoms with Crippen LogP contribution in [0.3, 0.4) is 0 Å². The molecule has 4 N–H and O–H groups in total. The number of halogens is 1. The smallest absolute Gasteiger partial charge is 0.273 e. The number of hydrogen-bond acceptors (Lipinski definition) is 8. The number of rotatable bonds is 9. The topological polar surface area (TPSA) is 130 Å². The molecule has 1 aromatic heterocycles. The number of nitrogens with one attached hydrogen (secondary N) is 4. The van der Waals surface area contributed by atoms with Crippen molar-refractivity contribution in [3.63, 3.8) is 0 Å². The van der Waals surface area contributed by atoms with Crippen molar-refractivity contribution in [1.29, 1.82) is 0 Å². The molecule has 0 bridgehead atoms. The normalized spacial score (nSPS) is 17.8. The van der Waals surface area contributed by atoms with E-state index in [9.17, 15) is 9.59 Å². The Balaban J connectivity index is 1.46. The lowest BCUT2D eigenvalue weighted by atomic mass is 9.98. The van der Waals surface area contributed by atoms with Crippen LogP contribution in [0.5, 0.6) is 5.75 Å². The molecule has 0 aliphatic carbocycles. The van der Waals surface area contributed by atoms with Crippen LogP contribution in [0.15, 0.2) is 64.3 Å². The summed E-state index contributed by atoms with van der Waals surface area (Å²) in [5.41, 5.74) is 1.91. The number of carbonyl (C=O) groups is 2. The standard InChI is InChI=1S/C27H31ClN6O4/c1-4-37-22-14-13-17(28)15-19(22)26-33-34-27(38-26)21-12-8-11-20(31-21)24(35)32-23(16(2)29-3)25(36)30-18-9-6-5-7-10-18/h5-7,9-10,13-15,20-21,29,31H,4,8,11-12H2,1-3H3,(H,30,36)(H,32,35). The van der Waals surface area contributed by atoms with Gasteiger partial charge in [0.2, 0.25) is 11.8 Å². The molecule has 2 heterocycles. The van der Waals surface area contributed by atoms with Gasteiger partial charge in [-0.15, -0.1) is 10.2 Å². The molecule has 10 nitrogen and oxygen atoms in total. The number of anilines is 1. The lowest BCUT2D eigenvalue weighted by Gasteiger charge is -2.28. The van der Waals surface area contributed by atoms with Gasteiger partial charge in [-0.2, -0.15) is 0 Å². The highest BCUT2D eigenvalue weighted by atomic mass is 35.5. The Kier molecular flexibility index (Phi) is 8.98. The summed E-state index contributed by atoms with van der Waals surface area (Å²) >= 11 is 6.18. The SMILES string of the molecule is CCOc1ccc(Cl)cc1-c1nnc(C2CCCC(C(=O)NC(C(=O)Nc3ccccc3)=C(C)NC)N2)o1. The van der Waals surface area contributed by atoms with Gasteiger partial charge in [0.25, 0.3) is 11.8 Å². The molecule has 2 amide bonds. The third-order valence-corrected chi connectivity index (χ3v) is 6.41. The van der Waals surface area contributed by atoms with E-state index in [0.29, 0.717) is 53.1 Å². The molecule has 2 aromatic carbocycles. The van der Waals surface area contributed by atoms with Crippen molar-refractivity contribution in [2.45, 2.75) is 45.2 Å². The van der Waals surface area contributed by atoms with Crippen LogP contribution in [0.2, 0.25) is 5.02 Å². The molecule has 1 fully saturated rings. The number of hydrogen-bond donors (Lipinski definition) is 4. The monoisotopic (exact) mass is 538 g/mol. The highest BCUT2D eigenvalue weighted by molar-refractivity contribution is 6.30. The van der Waals surface area contributed by atoms with E-state index in [-0.39, 0.29) is 23.5 Å². The Bertz CT molecular complexity index is 1310. The van der Waals surface area contributed by atoms with Gasteiger partial charge in [-0.1, -0.05) is 29.8 Å². The fraction of sp³-hybridized carbons (Fsp3) is 0.333. The summed E-state index contributed by atoms with van der Waals surface area (Å²) in [4.78, 5) is 26.2. The van der Waals surface area contributed by atoms with Gasteiger partial charge in [0.05, 0.1) is 24.3 Å². The van der Waals surface area contributed by atoms with E-state index < -0.39 is 11.9 Å². The Morgan fingerprint density at radius 3 is 2.68 bits per heavy atom. The van der Waals surface area contributed by atoms with E-state index in [1.807, 2.05) is 25.1 Å². The van der Waals surface area contributed by atoms with Gasteiger partial charge in [-0.05, 0) is 63.4 Å². The number of amides is 2. The molecule has 2 unspecified atom stereocenters. The summed E-state index contributed by atoms with van der Waals surface area (Å²) in [5, 5.41) is 20.8. The van der Waals surface area contributed by atoms with Gasteiger partial charge in [0, 0.05) is 23.5 Å². The predicted octanol–water partition coefficient (Wildman–Crippen LogP) is 4.18. The second-order valence-corrected chi connectivity index (χ2v) is 9.22. The number of benzene rings is 2. The number of piperidine rings is 1. The van der Waals surface area contributed by atoms with Gasteiger partial charge >= 0.3 is 0 Å². The number of ether oxygens (including phenoxy) is 1. The summed E-state index contributed by atoms with van der Waals surface area (Å²) in [6.45, 7) is 4.09. The van der Waals surface area contributed by atoms with E-state index in [1.165, 1.54) is 0 Å². The first-order valence-electron chi connectivity index (χ1n) is 12.5. The summed E-state index contributed by atoms with van der Waals surface area (Å²) in [6, 6.07) is 13.4. The molecule has 0 radical (unpaired) electrons. The van der Waals surface area contributed by atoms with Gasteiger partial charge in [-0.25, -0.2) is 0 Å². The first kappa shape index (κ1) is 27.2. The molecule has 0 spiro atoms. The van der Waals surface area contributed by atoms with Crippen molar-refractivity contribution in [2.75, 3.05) is 19.0 Å². The van der Waals surface area contributed by atoms with E-state index >= 15 is 0 Å². The molecule has 1 aliphatic rings. The molecule has 38 heavy (non-hydrogen) atoms. The minimum absolute atomic E-state index is 0.148. The fourth-order valence-electron chi connectivity index (χ4n) is 4.14. The molecule has 2 atom stereocenters. The average molecular weight is 539 g/mol. The minimum atomic E-state index is -0.557. The first-order chi connectivity index (χ1) is 18.4. The summed E-state index contributed by atoms with van der Waals surface area (Å²) in [6.07, 6.45) is 2.07. The first-order valence-corrected chi connectivity index (χ1v) is 12.9. The number of allylic oxidation sites excluding steroid dienone is 1. The Hall–Kier alpha value is -3.89. The highest BCUT2D eigenvalue weighted by Crippen LogP contribution is 2.34. The maximum atomic E-state index is 13.2. The summed E-state index contributed by atoms with van der Waals surface area (Å²) in [5.74, 6) is 0.497. The van der Waals surface area contributed by atoms with Crippen LogP contribution in [-0.2, 0) is 9.59 Å². The molecule has 3 aromatic rings. The van der Waals surface area contributed by atoms with E-state index in [0.717, 1.165) is 6.42 Å². The van der Waals surface area contributed by atoms with Crippen LogP contribution in [-0.4, -0.2) is 41.7 Å². The van der Waals surface area contributed by atoms with Gasteiger partial charge in [0.15, 0.2) is 0 Å². The summed E-state index contributed by atoms with van der Waals surface area (Å²) < 4.78 is 11.7. The third-order valence-electron chi connectivity index (χ3n) is 6.17.